The van der Waals surface area contributed by atoms with Crippen molar-refractivity contribution in [3.63, 3.8) is 0 Å². The summed E-state index contributed by atoms with van der Waals surface area (Å²) in [6.07, 6.45) is 5.12. The van der Waals surface area contributed by atoms with Crippen LogP contribution in [0.1, 0.15) is 44.6 Å². The largest absolute Gasteiger partial charge is 0.299 e. The van der Waals surface area contributed by atoms with E-state index in [0.717, 1.165) is 25.7 Å². The highest BCUT2D eigenvalue weighted by atomic mass is 35.5. The molecule has 0 aliphatic carbocycles. The van der Waals surface area contributed by atoms with E-state index in [0.29, 0.717) is 17.0 Å². The third kappa shape index (κ3) is 5.31. The lowest BCUT2D eigenvalue weighted by Gasteiger charge is -2.04. The van der Waals surface area contributed by atoms with Crippen LogP contribution in [0.4, 0.5) is 4.39 Å². The predicted molar refractivity (Wildman–Crippen MR) is 68.9 cm³/mol. The first-order valence-corrected chi connectivity index (χ1v) is 6.47. The molecular weight excluding hydrogens is 239 g/mol. The molecule has 0 saturated heterocycles. The molecule has 1 nitrogen and oxygen atoms in total. The maximum atomic E-state index is 13.0. The number of benzene rings is 1. The molecule has 1 aromatic rings. The summed E-state index contributed by atoms with van der Waals surface area (Å²) in [5.74, 6) is -0.211. The number of carbonyl (C=O) groups is 1. The molecule has 0 bridgehead atoms. The highest BCUT2D eigenvalue weighted by Crippen LogP contribution is 2.18. The molecule has 1 rings (SSSR count). The summed E-state index contributed by atoms with van der Waals surface area (Å²) in [4.78, 5) is 11.7. The molecule has 0 fully saturated rings. The Morgan fingerprint density at radius 2 is 2.06 bits per heavy atom. The number of hydrogen-bond donors (Lipinski definition) is 0. The van der Waals surface area contributed by atoms with Crippen LogP contribution in [0.2, 0.25) is 5.02 Å². The number of hydrogen-bond acceptors (Lipinski definition) is 1. The van der Waals surface area contributed by atoms with Gasteiger partial charge in [-0.15, -0.1) is 0 Å². The molecule has 0 aliphatic rings. The number of Topliss-reactive ketones (excluding diaryl/α,β-unsaturated/α-hetero) is 1. The Labute approximate surface area is 107 Å². The summed E-state index contributed by atoms with van der Waals surface area (Å²) >= 11 is 5.91. The molecule has 1 aromatic carbocycles. The number of unbranched alkanes of at least 4 members (excludes halogenated alkanes) is 3. The zero-order valence-corrected chi connectivity index (χ0v) is 10.9. The van der Waals surface area contributed by atoms with Gasteiger partial charge in [-0.25, -0.2) is 4.39 Å². The Bertz CT molecular complexity index is 376. The minimum Gasteiger partial charge on any atom is -0.299 e. The van der Waals surface area contributed by atoms with Gasteiger partial charge in [-0.2, -0.15) is 0 Å². The van der Waals surface area contributed by atoms with E-state index in [1.807, 2.05) is 0 Å². The van der Waals surface area contributed by atoms with E-state index >= 15 is 0 Å². The lowest BCUT2D eigenvalue weighted by Crippen LogP contribution is -2.03. The van der Waals surface area contributed by atoms with Crippen molar-refractivity contribution in [1.29, 1.82) is 0 Å². The van der Waals surface area contributed by atoms with E-state index in [2.05, 4.69) is 6.92 Å². The first kappa shape index (κ1) is 14.2. The quantitative estimate of drug-likeness (QED) is 0.654. The second-order valence-electron chi connectivity index (χ2n) is 4.26. The molecule has 0 amide bonds. The predicted octanol–water partition coefficient (Wildman–Crippen LogP) is 4.56. The van der Waals surface area contributed by atoms with Crippen LogP contribution in [-0.4, -0.2) is 5.78 Å². The van der Waals surface area contributed by atoms with Crippen LogP contribution < -0.4 is 0 Å². The van der Waals surface area contributed by atoms with Crippen molar-refractivity contribution in [3.8, 4) is 0 Å². The minimum atomic E-state index is -0.344. The normalized spacial score (nSPS) is 10.5. The molecule has 0 unspecified atom stereocenters. The van der Waals surface area contributed by atoms with E-state index in [-0.39, 0.29) is 18.0 Å². The molecule has 0 atom stereocenters. The van der Waals surface area contributed by atoms with E-state index in [4.69, 9.17) is 11.6 Å². The fourth-order valence-electron chi connectivity index (χ4n) is 1.73. The third-order valence-electron chi connectivity index (χ3n) is 2.70. The summed E-state index contributed by atoms with van der Waals surface area (Å²) in [7, 11) is 0. The monoisotopic (exact) mass is 256 g/mol. The second-order valence-corrected chi connectivity index (χ2v) is 4.67. The standard InChI is InChI=1S/C14H18ClFO/c1-2-3-4-5-6-13(17)10-11-9-12(16)7-8-14(11)15/h7-9H,2-6,10H2,1H3. The maximum Gasteiger partial charge on any atom is 0.137 e. The van der Waals surface area contributed by atoms with Crippen molar-refractivity contribution in [2.24, 2.45) is 0 Å². The first-order chi connectivity index (χ1) is 8.13. The first-order valence-electron chi connectivity index (χ1n) is 6.09. The molecule has 3 heteroatoms. The summed E-state index contributed by atoms with van der Waals surface area (Å²) in [5, 5.41) is 0.466. The minimum absolute atomic E-state index is 0.133. The lowest BCUT2D eigenvalue weighted by atomic mass is 10.0. The van der Waals surface area contributed by atoms with Gasteiger partial charge in [0.1, 0.15) is 11.6 Å². The van der Waals surface area contributed by atoms with Crippen LogP contribution in [0.5, 0.6) is 0 Å². The Balaban J connectivity index is 2.42. The molecule has 0 aliphatic heterocycles. The molecule has 0 radical (unpaired) electrons. The molecule has 0 heterocycles. The summed E-state index contributed by atoms with van der Waals surface area (Å²) in [5.41, 5.74) is 0.590. The van der Waals surface area contributed by atoms with E-state index in [1.54, 1.807) is 0 Å². The van der Waals surface area contributed by atoms with Crippen LogP contribution in [0.3, 0.4) is 0 Å². The van der Waals surface area contributed by atoms with Crippen LogP contribution in [-0.2, 0) is 11.2 Å². The summed E-state index contributed by atoms with van der Waals surface area (Å²) in [6, 6.07) is 4.14. The van der Waals surface area contributed by atoms with Crippen molar-refractivity contribution in [2.75, 3.05) is 0 Å². The Hall–Kier alpha value is -0.890. The molecule has 0 aromatic heterocycles. The zero-order valence-electron chi connectivity index (χ0n) is 10.1. The van der Waals surface area contributed by atoms with E-state index in [9.17, 15) is 9.18 Å². The zero-order chi connectivity index (χ0) is 12.7. The molecule has 0 saturated carbocycles. The number of rotatable bonds is 7. The second kappa shape index (κ2) is 7.44. The number of carbonyl (C=O) groups excluding carboxylic acids is 1. The fraction of sp³-hybridized carbons (Fsp3) is 0.500. The highest BCUT2D eigenvalue weighted by Gasteiger charge is 2.08. The van der Waals surface area contributed by atoms with Crippen LogP contribution in [0.25, 0.3) is 0 Å². The van der Waals surface area contributed by atoms with Crippen molar-refractivity contribution >= 4 is 17.4 Å². The van der Waals surface area contributed by atoms with Crippen molar-refractivity contribution in [3.05, 3.63) is 34.6 Å². The van der Waals surface area contributed by atoms with Gasteiger partial charge < -0.3 is 0 Å². The average Bonchev–Trinajstić information content (AvgIpc) is 2.29. The molecule has 0 spiro atoms. The number of halogens is 2. The summed E-state index contributed by atoms with van der Waals surface area (Å²) < 4.78 is 13.0. The topological polar surface area (TPSA) is 17.1 Å². The van der Waals surface area contributed by atoms with Gasteiger partial charge in [0.2, 0.25) is 0 Å². The average molecular weight is 257 g/mol. The van der Waals surface area contributed by atoms with Crippen LogP contribution in [0, 0.1) is 5.82 Å². The maximum absolute atomic E-state index is 13.0. The van der Waals surface area contributed by atoms with Crippen molar-refractivity contribution in [1.82, 2.24) is 0 Å². The third-order valence-corrected chi connectivity index (χ3v) is 3.07. The Morgan fingerprint density at radius 3 is 2.76 bits per heavy atom. The van der Waals surface area contributed by atoms with Gasteiger partial charge in [-0.05, 0) is 30.2 Å². The van der Waals surface area contributed by atoms with E-state index < -0.39 is 0 Å². The van der Waals surface area contributed by atoms with Gasteiger partial charge in [0.25, 0.3) is 0 Å². The van der Waals surface area contributed by atoms with Crippen LogP contribution >= 0.6 is 11.6 Å². The SMILES string of the molecule is CCCCCCC(=O)Cc1cc(F)ccc1Cl. The fourth-order valence-corrected chi connectivity index (χ4v) is 1.91. The summed E-state index contributed by atoms with van der Waals surface area (Å²) in [6.45, 7) is 2.13. The Kier molecular flexibility index (Phi) is 6.20. The molecule has 0 N–H and O–H groups in total. The van der Waals surface area contributed by atoms with Gasteiger partial charge >= 0.3 is 0 Å². The van der Waals surface area contributed by atoms with Crippen LogP contribution in [0.15, 0.2) is 18.2 Å². The Morgan fingerprint density at radius 1 is 1.29 bits per heavy atom. The van der Waals surface area contributed by atoms with E-state index in [1.165, 1.54) is 18.2 Å². The molecule has 94 valence electrons. The van der Waals surface area contributed by atoms with Gasteiger partial charge in [0.05, 0.1) is 0 Å². The lowest BCUT2D eigenvalue weighted by molar-refractivity contribution is -0.118. The van der Waals surface area contributed by atoms with Crippen molar-refractivity contribution < 1.29 is 9.18 Å². The smallest absolute Gasteiger partial charge is 0.137 e. The highest BCUT2D eigenvalue weighted by molar-refractivity contribution is 6.31. The van der Waals surface area contributed by atoms with Crippen molar-refractivity contribution in [2.45, 2.75) is 45.4 Å². The van der Waals surface area contributed by atoms with Gasteiger partial charge in [-0.3, -0.25) is 4.79 Å². The molecular formula is C14H18ClFO. The van der Waals surface area contributed by atoms with Gasteiger partial charge in [-0.1, -0.05) is 37.8 Å². The molecule has 17 heavy (non-hydrogen) atoms. The van der Waals surface area contributed by atoms with Gasteiger partial charge in [0.15, 0.2) is 0 Å². The van der Waals surface area contributed by atoms with Gasteiger partial charge in [0, 0.05) is 17.9 Å². The number of ketones is 1.